The molecule has 0 spiro atoms. The molecule has 1 heterocycles. The first-order chi connectivity index (χ1) is 8.29. The van der Waals surface area contributed by atoms with E-state index in [1.165, 1.54) is 25.4 Å². The second kappa shape index (κ2) is 7.25. The van der Waals surface area contributed by atoms with Crippen molar-refractivity contribution in [3.63, 3.8) is 0 Å². The topological polar surface area (TPSA) is 76.5 Å². The Hall–Kier alpha value is -2.12. The SMILES string of the molecule is CCOC(=O)C(F)(F)F.O=C(O)c1cccnc1. The molecule has 0 atom stereocenters. The van der Waals surface area contributed by atoms with Gasteiger partial charge >= 0.3 is 18.1 Å². The van der Waals surface area contributed by atoms with Crippen molar-refractivity contribution in [2.75, 3.05) is 6.61 Å². The number of hydrogen-bond donors (Lipinski definition) is 1. The molecule has 18 heavy (non-hydrogen) atoms. The summed E-state index contributed by atoms with van der Waals surface area (Å²) in [5.41, 5.74) is 0.220. The zero-order chi connectivity index (χ0) is 14.2. The van der Waals surface area contributed by atoms with Gasteiger partial charge in [-0.15, -0.1) is 0 Å². The highest BCUT2D eigenvalue weighted by Crippen LogP contribution is 2.15. The number of aromatic nitrogens is 1. The predicted octanol–water partition coefficient (Wildman–Crippen LogP) is 1.89. The van der Waals surface area contributed by atoms with Crippen molar-refractivity contribution in [3.05, 3.63) is 30.1 Å². The van der Waals surface area contributed by atoms with Crippen molar-refractivity contribution in [2.24, 2.45) is 0 Å². The van der Waals surface area contributed by atoms with Crippen molar-refractivity contribution in [1.82, 2.24) is 4.98 Å². The van der Waals surface area contributed by atoms with Crippen LogP contribution in [0.4, 0.5) is 13.2 Å². The van der Waals surface area contributed by atoms with Gasteiger partial charge in [0.25, 0.3) is 0 Å². The Morgan fingerprint density at radius 1 is 1.44 bits per heavy atom. The van der Waals surface area contributed by atoms with E-state index in [1.54, 1.807) is 6.07 Å². The maximum atomic E-state index is 11.2. The first-order valence-electron chi connectivity index (χ1n) is 4.66. The normalized spacial score (nSPS) is 10.0. The quantitative estimate of drug-likeness (QED) is 0.826. The number of alkyl halides is 3. The third kappa shape index (κ3) is 6.46. The standard InChI is InChI=1S/C6H5NO2.C4H5F3O2/c8-6(9)5-2-1-3-7-4-5;1-2-9-3(8)4(5,6)7/h1-4H,(H,8,9);2H2,1H3. The van der Waals surface area contributed by atoms with Gasteiger partial charge in [-0.3, -0.25) is 4.98 Å². The number of carboxylic acids is 1. The van der Waals surface area contributed by atoms with Gasteiger partial charge in [-0.1, -0.05) is 0 Å². The highest BCUT2D eigenvalue weighted by Gasteiger charge is 2.40. The summed E-state index contributed by atoms with van der Waals surface area (Å²) in [7, 11) is 0. The summed E-state index contributed by atoms with van der Waals surface area (Å²) in [4.78, 5) is 23.5. The van der Waals surface area contributed by atoms with Crippen LogP contribution in [0.25, 0.3) is 0 Å². The monoisotopic (exact) mass is 265 g/mol. The van der Waals surface area contributed by atoms with Crippen molar-refractivity contribution in [3.8, 4) is 0 Å². The Balaban J connectivity index is 0.000000321. The lowest BCUT2D eigenvalue weighted by atomic mass is 10.3. The highest BCUT2D eigenvalue weighted by atomic mass is 19.4. The molecular weight excluding hydrogens is 255 g/mol. The molecule has 0 unspecified atom stereocenters. The summed E-state index contributed by atoms with van der Waals surface area (Å²) in [5.74, 6) is -3.08. The number of nitrogens with zero attached hydrogens (tertiary/aromatic N) is 1. The number of esters is 1. The Labute approximate surface area is 100 Å². The fourth-order valence-corrected chi connectivity index (χ4v) is 0.702. The third-order valence-corrected chi connectivity index (χ3v) is 1.42. The van der Waals surface area contributed by atoms with Gasteiger partial charge in [0.1, 0.15) is 0 Å². The number of carbonyl (C=O) groups excluding carboxylic acids is 1. The van der Waals surface area contributed by atoms with E-state index in [1.807, 2.05) is 0 Å². The molecule has 100 valence electrons. The lowest BCUT2D eigenvalue weighted by Crippen LogP contribution is -2.25. The Morgan fingerprint density at radius 3 is 2.28 bits per heavy atom. The van der Waals surface area contributed by atoms with Crippen LogP contribution in [0, 0.1) is 0 Å². The molecule has 0 radical (unpaired) electrons. The fraction of sp³-hybridized carbons (Fsp3) is 0.300. The lowest BCUT2D eigenvalue weighted by Gasteiger charge is -2.02. The van der Waals surface area contributed by atoms with Gasteiger partial charge in [-0.2, -0.15) is 13.2 Å². The Morgan fingerprint density at radius 2 is 2.06 bits per heavy atom. The third-order valence-electron chi connectivity index (χ3n) is 1.42. The van der Waals surface area contributed by atoms with E-state index in [4.69, 9.17) is 5.11 Å². The molecule has 5 nitrogen and oxygen atoms in total. The first kappa shape index (κ1) is 15.9. The number of halogens is 3. The van der Waals surface area contributed by atoms with E-state index in [9.17, 15) is 22.8 Å². The molecule has 0 saturated heterocycles. The summed E-state index contributed by atoms with van der Waals surface area (Å²) >= 11 is 0. The maximum Gasteiger partial charge on any atom is 0.490 e. The molecule has 1 aromatic rings. The van der Waals surface area contributed by atoms with Gasteiger partial charge in [0.2, 0.25) is 0 Å². The van der Waals surface area contributed by atoms with E-state index in [-0.39, 0.29) is 12.2 Å². The average Bonchev–Trinajstić information content (AvgIpc) is 2.30. The van der Waals surface area contributed by atoms with Crippen LogP contribution in [0.15, 0.2) is 24.5 Å². The Kier molecular flexibility index (Phi) is 6.40. The van der Waals surface area contributed by atoms with E-state index >= 15 is 0 Å². The molecule has 1 rings (SSSR count). The molecule has 1 aromatic heterocycles. The van der Waals surface area contributed by atoms with Crippen LogP contribution in [0.5, 0.6) is 0 Å². The second-order valence-electron chi connectivity index (χ2n) is 2.77. The molecule has 0 aliphatic rings. The maximum absolute atomic E-state index is 11.2. The van der Waals surface area contributed by atoms with Crippen molar-refractivity contribution in [2.45, 2.75) is 13.1 Å². The van der Waals surface area contributed by atoms with E-state index < -0.39 is 18.1 Å². The number of hydrogen-bond acceptors (Lipinski definition) is 4. The lowest BCUT2D eigenvalue weighted by molar-refractivity contribution is -0.199. The number of carbonyl (C=O) groups is 2. The number of rotatable bonds is 2. The van der Waals surface area contributed by atoms with Gasteiger partial charge in [-0.05, 0) is 19.1 Å². The number of aromatic carboxylic acids is 1. The predicted molar refractivity (Wildman–Crippen MR) is 53.9 cm³/mol. The molecule has 8 heteroatoms. The molecule has 0 aromatic carbocycles. The molecule has 0 saturated carbocycles. The van der Waals surface area contributed by atoms with E-state index in [0.717, 1.165) is 0 Å². The Bertz CT molecular complexity index is 392. The van der Waals surface area contributed by atoms with Crippen molar-refractivity contribution >= 4 is 11.9 Å². The first-order valence-corrected chi connectivity index (χ1v) is 4.66. The zero-order valence-electron chi connectivity index (χ0n) is 9.27. The van der Waals surface area contributed by atoms with Crippen LogP contribution in [0.2, 0.25) is 0 Å². The zero-order valence-corrected chi connectivity index (χ0v) is 9.27. The van der Waals surface area contributed by atoms with Gasteiger partial charge in [0.05, 0.1) is 12.2 Å². The second-order valence-corrected chi connectivity index (χ2v) is 2.77. The molecule has 0 aliphatic heterocycles. The number of ether oxygens (including phenoxy) is 1. The smallest absolute Gasteiger partial charge is 0.478 e. The van der Waals surface area contributed by atoms with Crippen molar-refractivity contribution < 1.29 is 32.6 Å². The van der Waals surface area contributed by atoms with Crippen LogP contribution in [0.3, 0.4) is 0 Å². The summed E-state index contributed by atoms with van der Waals surface area (Å²) in [6.07, 6.45) is -2.01. The largest absolute Gasteiger partial charge is 0.490 e. The van der Waals surface area contributed by atoms with Crippen molar-refractivity contribution in [1.29, 1.82) is 0 Å². The summed E-state index contributed by atoms with van der Waals surface area (Å²) < 4.78 is 37.1. The average molecular weight is 265 g/mol. The molecule has 0 aliphatic carbocycles. The molecule has 0 fully saturated rings. The van der Waals surface area contributed by atoms with Gasteiger partial charge < -0.3 is 9.84 Å². The van der Waals surface area contributed by atoms with Crippen LogP contribution in [0.1, 0.15) is 17.3 Å². The molecule has 1 N–H and O–H groups in total. The fourth-order valence-electron chi connectivity index (χ4n) is 0.702. The molecular formula is C10H10F3NO4. The molecule has 0 amide bonds. The summed E-state index contributed by atoms with van der Waals surface area (Å²) in [5, 5.41) is 8.34. The number of carboxylic acid groups (broad SMARTS) is 1. The van der Waals surface area contributed by atoms with Crippen LogP contribution >= 0.6 is 0 Å². The summed E-state index contributed by atoms with van der Waals surface area (Å²) in [6.45, 7) is 1.06. The number of pyridine rings is 1. The van der Waals surface area contributed by atoms with Gasteiger partial charge in [0.15, 0.2) is 0 Å². The van der Waals surface area contributed by atoms with E-state index in [0.29, 0.717) is 0 Å². The summed E-state index contributed by atoms with van der Waals surface area (Å²) in [6, 6.07) is 3.08. The minimum Gasteiger partial charge on any atom is -0.478 e. The van der Waals surface area contributed by atoms with Gasteiger partial charge in [-0.25, -0.2) is 9.59 Å². The van der Waals surface area contributed by atoms with E-state index in [2.05, 4.69) is 9.72 Å². The van der Waals surface area contributed by atoms with Crippen LogP contribution < -0.4 is 0 Å². The molecule has 0 bridgehead atoms. The minimum absolute atomic E-state index is 0.220. The minimum atomic E-state index is -4.85. The van der Waals surface area contributed by atoms with Gasteiger partial charge in [0, 0.05) is 12.4 Å². The van der Waals surface area contributed by atoms with Crippen LogP contribution in [-0.4, -0.2) is 34.8 Å². The van der Waals surface area contributed by atoms with Crippen LogP contribution in [-0.2, 0) is 9.53 Å². The highest BCUT2D eigenvalue weighted by molar-refractivity contribution is 5.86.